The van der Waals surface area contributed by atoms with E-state index in [1.807, 2.05) is 19.1 Å². The van der Waals surface area contributed by atoms with E-state index in [-0.39, 0.29) is 23.3 Å². The summed E-state index contributed by atoms with van der Waals surface area (Å²) in [6.07, 6.45) is 2.74. The molecular formula is C25H31N3O5S. The third-order valence-electron chi connectivity index (χ3n) is 6.56. The van der Waals surface area contributed by atoms with Crippen LogP contribution in [0.25, 0.3) is 0 Å². The van der Waals surface area contributed by atoms with Gasteiger partial charge in [0.15, 0.2) is 0 Å². The number of ether oxygens (including phenoxy) is 1. The summed E-state index contributed by atoms with van der Waals surface area (Å²) in [6, 6.07) is 10.5. The van der Waals surface area contributed by atoms with Crippen molar-refractivity contribution in [3.63, 3.8) is 0 Å². The molecule has 1 atom stereocenters. The van der Waals surface area contributed by atoms with Gasteiger partial charge in [-0.15, -0.1) is 0 Å². The number of rotatable bonds is 5. The zero-order valence-electron chi connectivity index (χ0n) is 19.8. The average Bonchev–Trinajstić information content (AvgIpc) is 2.83. The van der Waals surface area contributed by atoms with E-state index in [1.54, 1.807) is 36.3 Å². The molecule has 2 heterocycles. The highest BCUT2D eigenvalue weighted by Crippen LogP contribution is 2.32. The number of aryl methyl sites for hydroxylation is 2. The number of hydrogen-bond acceptors (Lipinski definition) is 5. The van der Waals surface area contributed by atoms with Crippen LogP contribution in [0.15, 0.2) is 41.3 Å². The molecule has 2 aromatic carbocycles. The highest BCUT2D eigenvalue weighted by atomic mass is 32.2. The lowest BCUT2D eigenvalue weighted by Gasteiger charge is -2.32. The number of carbonyl (C=O) groups is 2. The van der Waals surface area contributed by atoms with Crippen LogP contribution in [0.1, 0.15) is 37.3 Å². The second kappa shape index (κ2) is 9.76. The minimum Gasteiger partial charge on any atom is -0.495 e. The molecule has 0 bridgehead atoms. The van der Waals surface area contributed by atoms with Gasteiger partial charge in [-0.1, -0.05) is 6.07 Å². The quantitative estimate of drug-likeness (QED) is 0.701. The third kappa shape index (κ3) is 4.81. The minimum absolute atomic E-state index is 0.0494. The monoisotopic (exact) mass is 485 g/mol. The van der Waals surface area contributed by atoms with Gasteiger partial charge in [0.25, 0.3) is 0 Å². The number of sulfonamides is 1. The predicted molar refractivity (Wildman–Crippen MR) is 131 cm³/mol. The van der Waals surface area contributed by atoms with E-state index in [1.165, 1.54) is 11.2 Å². The molecule has 0 aliphatic carbocycles. The summed E-state index contributed by atoms with van der Waals surface area (Å²) in [5, 5.41) is 2.92. The standard InChI is InChI=1S/C25H31N3O5S/c1-17-8-11-24(33-3)22(14-17)26-25(30)20-7-4-12-27(16-20)34(31,32)21-9-10-23-19(15-21)6-5-13-28(23)18(2)29/h8-11,14-15,20H,4-7,12-13,16H2,1-3H3,(H,26,30)/t20-/m1/s1. The first-order chi connectivity index (χ1) is 16.2. The summed E-state index contributed by atoms with van der Waals surface area (Å²) >= 11 is 0. The summed E-state index contributed by atoms with van der Waals surface area (Å²) < 4.78 is 33.7. The Labute approximate surface area is 200 Å². The number of hydrogen-bond donors (Lipinski definition) is 1. The van der Waals surface area contributed by atoms with Crippen LogP contribution in [0, 0.1) is 12.8 Å². The molecule has 2 aliphatic heterocycles. The molecular weight excluding hydrogens is 454 g/mol. The topological polar surface area (TPSA) is 96.0 Å². The zero-order valence-corrected chi connectivity index (χ0v) is 20.7. The largest absolute Gasteiger partial charge is 0.495 e. The maximum absolute atomic E-state index is 13.5. The van der Waals surface area contributed by atoms with Crippen molar-refractivity contribution in [3.8, 4) is 5.75 Å². The fourth-order valence-corrected chi connectivity index (χ4v) is 6.31. The van der Waals surface area contributed by atoms with Gasteiger partial charge in [-0.25, -0.2) is 8.42 Å². The molecule has 1 saturated heterocycles. The first-order valence-corrected chi connectivity index (χ1v) is 13.0. The summed E-state index contributed by atoms with van der Waals surface area (Å²) in [4.78, 5) is 26.9. The fraction of sp³-hybridized carbons (Fsp3) is 0.440. The Morgan fingerprint density at radius 1 is 1.09 bits per heavy atom. The van der Waals surface area contributed by atoms with Crippen LogP contribution in [0.5, 0.6) is 5.75 Å². The number of piperidine rings is 1. The van der Waals surface area contributed by atoms with Crippen LogP contribution in [0.3, 0.4) is 0 Å². The Hall–Kier alpha value is -2.91. The molecule has 0 saturated carbocycles. The molecule has 9 heteroatoms. The molecule has 34 heavy (non-hydrogen) atoms. The predicted octanol–water partition coefficient (Wildman–Crippen LogP) is 3.34. The van der Waals surface area contributed by atoms with E-state index in [4.69, 9.17) is 4.74 Å². The molecule has 1 fully saturated rings. The summed E-state index contributed by atoms with van der Waals surface area (Å²) in [5.74, 6) is -0.162. The summed E-state index contributed by atoms with van der Waals surface area (Å²) in [5.41, 5.74) is 3.21. The molecule has 2 amide bonds. The van der Waals surface area contributed by atoms with E-state index >= 15 is 0 Å². The molecule has 0 aromatic heterocycles. The van der Waals surface area contributed by atoms with Crippen molar-refractivity contribution in [3.05, 3.63) is 47.5 Å². The van der Waals surface area contributed by atoms with Gasteiger partial charge >= 0.3 is 0 Å². The molecule has 0 unspecified atom stereocenters. The Morgan fingerprint density at radius 3 is 2.62 bits per heavy atom. The number of methoxy groups -OCH3 is 1. The van der Waals surface area contributed by atoms with Gasteiger partial charge in [-0.2, -0.15) is 4.31 Å². The molecule has 2 aliphatic rings. The number of nitrogens with zero attached hydrogens (tertiary/aromatic N) is 2. The van der Waals surface area contributed by atoms with Crippen molar-refractivity contribution >= 4 is 33.2 Å². The van der Waals surface area contributed by atoms with Crippen LogP contribution < -0.4 is 15.0 Å². The van der Waals surface area contributed by atoms with Crippen molar-refractivity contribution in [1.29, 1.82) is 0 Å². The van der Waals surface area contributed by atoms with Crippen LogP contribution >= 0.6 is 0 Å². The molecule has 182 valence electrons. The van der Waals surface area contributed by atoms with E-state index < -0.39 is 15.9 Å². The van der Waals surface area contributed by atoms with Gasteiger partial charge in [-0.3, -0.25) is 9.59 Å². The maximum Gasteiger partial charge on any atom is 0.243 e. The summed E-state index contributed by atoms with van der Waals surface area (Å²) in [7, 11) is -2.22. The number of fused-ring (bicyclic) bond motifs is 1. The number of carbonyl (C=O) groups excluding carboxylic acids is 2. The van der Waals surface area contributed by atoms with Crippen LogP contribution in [0.2, 0.25) is 0 Å². The first-order valence-electron chi connectivity index (χ1n) is 11.6. The summed E-state index contributed by atoms with van der Waals surface area (Å²) in [6.45, 7) is 4.59. The number of benzene rings is 2. The maximum atomic E-state index is 13.5. The zero-order chi connectivity index (χ0) is 24.5. The Kier molecular flexibility index (Phi) is 6.95. The van der Waals surface area contributed by atoms with Crippen molar-refractivity contribution in [2.75, 3.05) is 37.0 Å². The van der Waals surface area contributed by atoms with Crippen molar-refractivity contribution < 1.29 is 22.7 Å². The Bertz CT molecular complexity index is 1210. The van der Waals surface area contributed by atoms with Gasteiger partial charge < -0.3 is 15.0 Å². The number of amides is 2. The number of nitrogens with one attached hydrogen (secondary N) is 1. The molecule has 2 aromatic rings. The smallest absolute Gasteiger partial charge is 0.243 e. The van der Waals surface area contributed by atoms with Crippen molar-refractivity contribution in [2.45, 2.75) is 44.4 Å². The third-order valence-corrected chi connectivity index (χ3v) is 8.42. The van der Waals surface area contributed by atoms with E-state index in [2.05, 4.69) is 5.32 Å². The van der Waals surface area contributed by atoms with Gasteiger partial charge in [0.05, 0.1) is 23.6 Å². The lowest BCUT2D eigenvalue weighted by atomic mass is 9.98. The fourth-order valence-electron chi connectivity index (χ4n) is 4.74. The van der Waals surface area contributed by atoms with Gasteiger partial charge in [0.1, 0.15) is 5.75 Å². The van der Waals surface area contributed by atoms with Gasteiger partial charge in [0.2, 0.25) is 21.8 Å². The first kappa shape index (κ1) is 24.2. The molecule has 0 radical (unpaired) electrons. The molecule has 0 spiro atoms. The minimum atomic E-state index is -3.77. The van der Waals surface area contributed by atoms with Crippen LogP contribution in [-0.4, -0.2) is 51.3 Å². The second-order valence-electron chi connectivity index (χ2n) is 8.96. The Balaban J connectivity index is 1.52. The highest BCUT2D eigenvalue weighted by Gasteiger charge is 2.34. The molecule has 4 rings (SSSR count). The van der Waals surface area contributed by atoms with Gasteiger partial charge in [0, 0.05) is 32.2 Å². The SMILES string of the molecule is COc1ccc(C)cc1NC(=O)[C@@H]1CCCN(S(=O)(=O)c2ccc3c(c2)CCCN3C(C)=O)C1. The second-order valence-corrected chi connectivity index (χ2v) is 10.9. The highest BCUT2D eigenvalue weighted by molar-refractivity contribution is 7.89. The van der Waals surface area contributed by atoms with E-state index in [9.17, 15) is 18.0 Å². The van der Waals surface area contributed by atoms with Crippen molar-refractivity contribution in [1.82, 2.24) is 4.31 Å². The van der Waals surface area contributed by atoms with Crippen LogP contribution in [-0.2, 0) is 26.0 Å². The van der Waals surface area contributed by atoms with Crippen LogP contribution in [0.4, 0.5) is 11.4 Å². The van der Waals surface area contributed by atoms with E-state index in [0.29, 0.717) is 37.4 Å². The normalized spacial score (nSPS) is 18.8. The van der Waals surface area contributed by atoms with Gasteiger partial charge in [-0.05, 0) is 74.1 Å². The lowest BCUT2D eigenvalue weighted by Crippen LogP contribution is -2.43. The van der Waals surface area contributed by atoms with E-state index in [0.717, 1.165) is 29.7 Å². The number of anilines is 2. The average molecular weight is 486 g/mol. The Morgan fingerprint density at radius 2 is 1.88 bits per heavy atom. The lowest BCUT2D eigenvalue weighted by molar-refractivity contribution is -0.121. The molecule has 8 nitrogen and oxygen atoms in total. The molecule has 1 N–H and O–H groups in total. The van der Waals surface area contributed by atoms with Crippen molar-refractivity contribution in [2.24, 2.45) is 5.92 Å².